The zero-order chi connectivity index (χ0) is 11.4. The van der Waals surface area contributed by atoms with Gasteiger partial charge in [0.2, 0.25) is 10.6 Å². The van der Waals surface area contributed by atoms with Crippen molar-refractivity contribution >= 4 is 33.6 Å². The Kier molecular flexibility index (Phi) is 8.85. The summed E-state index contributed by atoms with van der Waals surface area (Å²) in [4.78, 5) is 19.0. The number of hydrogen-bond acceptors (Lipinski definition) is 5. The molecule has 0 amide bonds. The fourth-order valence-electron chi connectivity index (χ4n) is 0.334. The predicted molar refractivity (Wildman–Crippen MR) is 48.0 cm³/mol. The van der Waals surface area contributed by atoms with E-state index in [1.165, 1.54) is 0 Å². The fourth-order valence-corrected chi connectivity index (χ4v) is 0.699. The maximum absolute atomic E-state index is 10.3. The molecule has 1 rings (SSSR count). The zero-order valence-corrected chi connectivity index (χ0v) is 11.5. The Labute approximate surface area is 117 Å². The Hall–Kier alpha value is 0.260. The minimum atomic E-state index is -4.67. The van der Waals surface area contributed by atoms with Crippen LogP contribution in [-0.2, 0) is 10.4 Å². The number of H-pyrrole nitrogens is 1. The molecule has 0 saturated carbocycles. The van der Waals surface area contributed by atoms with E-state index >= 15 is 0 Å². The summed E-state index contributed by atoms with van der Waals surface area (Å²) in [6.07, 6.45) is 0. The Balaban J connectivity index is -0.000000214. The molecule has 0 fully saturated rings. The first-order chi connectivity index (χ1) is 6.18. The molecular formula is C3H4Cl2N3NaO5S. The normalized spacial score (nSPS) is 9.60. The van der Waals surface area contributed by atoms with Gasteiger partial charge in [0, 0.05) is 0 Å². The molecule has 1 aromatic heterocycles. The van der Waals surface area contributed by atoms with Crippen molar-refractivity contribution in [3.8, 4) is 0 Å². The minimum Gasteiger partial charge on any atom is -1.00 e. The molecule has 15 heavy (non-hydrogen) atoms. The summed E-state index contributed by atoms with van der Waals surface area (Å²) >= 11 is 10.5. The standard InChI is InChI=1S/C3HCl2N3O.Na.H2O4S.H/c4-1-6-2(5)8-3(9)7-1;;1-5(2,3)4;/h(H,6,7,8,9);;(H2,1,2,3,4);/q;+1;;-1. The summed E-state index contributed by atoms with van der Waals surface area (Å²) in [5.41, 5.74) is -0.597. The molecular weight excluding hydrogens is 284 g/mol. The summed E-state index contributed by atoms with van der Waals surface area (Å²) in [6.45, 7) is 0. The average molecular weight is 288 g/mol. The molecule has 0 unspecified atom stereocenters. The topological polar surface area (TPSA) is 133 Å². The first-order valence-electron chi connectivity index (χ1n) is 2.67. The van der Waals surface area contributed by atoms with Gasteiger partial charge in [0.1, 0.15) is 0 Å². The maximum atomic E-state index is 10.3. The number of halogens is 2. The van der Waals surface area contributed by atoms with Gasteiger partial charge in [0.15, 0.2) is 0 Å². The van der Waals surface area contributed by atoms with Crippen LogP contribution in [0.2, 0.25) is 10.6 Å². The first-order valence-corrected chi connectivity index (χ1v) is 4.83. The number of rotatable bonds is 0. The van der Waals surface area contributed by atoms with Crippen molar-refractivity contribution in [2.45, 2.75) is 0 Å². The summed E-state index contributed by atoms with van der Waals surface area (Å²) < 4.78 is 31.6. The predicted octanol–water partition coefficient (Wildman–Crippen LogP) is -3.06. The van der Waals surface area contributed by atoms with E-state index in [2.05, 4.69) is 15.0 Å². The van der Waals surface area contributed by atoms with Crippen LogP contribution in [0.15, 0.2) is 4.79 Å². The van der Waals surface area contributed by atoms with E-state index in [4.69, 9.17) is 40.7 Å². The molecule has 0 aliphatic carbocycles. The monoisotopic (exact) mass is 287 g/mol. The van der Waals surface area contributed by atoms with Gasteiger partial charge in [-0.25, -0.2) is 4.79 Å². The zero-order valence-electron chi connectivity index (χ0n) is 8.18. The Bertz CT molecular complexity index is 435. The molecule has 0 aliphatic rings. The van der Waals surface area contributed by atoms with Gasteiger partial charge in [-0.15, -0.1) is 0 Å². The summed E-state index contributed by atoms with van der Waals surface area (Å²) in [7, 11) is -4.67. The molecule has 0 saturated heterocycles. The van der Waals surface area contributed by atoms with Gasteiger partial charge >= 0.3 is 45.6 Å². The quantitative estimate of drug-likeness (QED) is 0.341. The van der Waals surface area contributed by atoms with Crippen LogP contribution >= 0.6 is 23.2 Å². The van der Waals surface area contributed by atoms with Crippen molar-refractivity contribution in [1.29, 1.82) is 0 Å². The van der Waals surface area contributed by atoms with E-state index in [1.807, 2.05) is 0 Å². The summed E-state index contributed by atoms with van der Waals surface area (Å²) in [5, 5.41) is -0.205. The molecule has 0 aromatic carbocycles. The number of nitrogens with zero attached hydrogens (tertiary/aromatic N) is 2. The molecule has 82 valence electrons. The molecule has 1 aromatic rings. The van der Waals surface area contributed by atoms with E-state index in [1.54, 1.807) is 0 Å². The van der Waals surface area contributed by atoms with Crippen molar-refractivity contribution in [2.24, 2.45) is 0 Å². The fraction of sp³-hybridized carbons (Fsp3) is 0. The number of nitrogens with one attached hydrogen (secondary N) is 1. The number of aromatic nitrogens is 3. The van der Waals surface area contributed by atoms with E-state index in [0.717, 1.165) is 0 Å². The molecule has 0 radical (unpaired) electrons. The average Bonchev–Trinajstić information content (AvgIpc) is 1.77. The van der Waals surface area contributed by atoms with Crippen LogP contribution in [-0.4, -0.2) is 32.5 Å². The van der Waals surface area contributed by atoms with Gasteiger partial charge in [0.25, 0.3) is 0 Å². The minimum absolute atomic E-state index is 0. The third-order valence-corrected chi connectivity index (χ3v) is 0.942. The molecule has 0 spiro atoms. The van der Waals surface area contributed by atoms with Gasteiger partial charge in [-0.3, -0.25) is 14.1 Å². The van der Waals surface area contributed by atoms with Gasteiger partial charge in [-0.2, -0.15) is 18.4 Å². The van der Waals surface area contributed by atoms with Gasteiger partial charge < -0.3 is 1.43 Å². The number of hydrogen-bond donors (Lipinski definition) is 3. The maximum Gasteiger partial charge on any atom is 1.00 e. The smallest absolute Gasteiger partial charge is 1.00 e. The van der Waals surface area contributed by atoms with E-state index in [-0.39, 0.29) is 41.6 Å². The van der Waals surface area contributed by atoms with Crippen LogP contribution in [0.1, 0.15) is 1.43 Å². The van der Waals surface area contributed by atoms with Gasteiger partial charge in [0.05, 0.1) is 0 Å². The second kappa shape index (κ2) is 7.52. The van der Waals surface area contributed by atoms with Crippen LogP contribution in [0.5, 0.6) is 0 Å². The van der Waals surface area contributed by atoms with Crippen molar-refractivity contribution in [3.05, 3.63) is 21.1 Å². The van der Waals surface area contributed by atoms with E-state index < -0.39 is 16.1 Å². The molecule has 0 atom stereocenters. The summed E-state index contributed by atoms with van der Waals surface area (Å²) in [6, 6.07) is 0. The van der Waals surface area contributed by atoms with Crippen LogP contribution in [0.3, 0.4) is 0 Å². The van der Waals surface area contributed by atoms with E-state index in [0.29, 0.717) is 0 Å². The van der Waals surface area contributed by atoms with Crippen LogP contribution in [0.4, 0.5) is 0 Å². The molecule has 1 heterocycles. The third kappa shape index (κ3) is 14.3. The van der Waals surface area contributed by atoms with Crippen LogP contribution < -0.4 is 35.2 Å². The molecule has 3 N–H and O–H groups in total. The van der Waals surface area contributed by atoms with Crippen molar-refractivity contribution in [2.75, 3.05) is 0 Å². The molecule has 0 bridgehead atoms. The number of aromatic amines is 1. The largest absolute Gasteiger partial charge is 1.00 e. The van der Waals surface area contributed by atoms with Crippen molar-refractivity contribution in [3.63, 3.8) is 0 Å². The first kappa shape index (κ1) is 17.6. The van der Waals surface area contributed by atoms with Crippen LogP contribution in [0.25, 0.3) is 0 Å². The Morgan fingerprint density at radius 1 is 1.27 bits per heavy atom. The Morgan fingerprint density at radius 2 is 1.67 bits per heavy atom. The molecule has 0 aliphatic heterocycles. The van der Waals surface area contributed by atoms with Gasteiger partial charge in [-0.05, 0) is 23.2 Å². The van der Waals surface area contributed by atoms with Crippen molar-refractivity contribution in [1.82, 2.24) is 15.0 Å². The second-order valence-electron chi connectivity index (χ2n) is 1.66. The van der Waals surface area contributed by atoms with Crippen molar-refractivity contribution < 1.29 is 48.5 Å². The van der Waals surface area contributed by atoms with E-state index in [9.17, 15) is 4.79 Å². The third-order valence-electron chi connectivity index (χ3n) is 0.594. The summed E-state index contributed by atoms with van der Waals surface area (Å²) in [5.74, 6) is 0. The van der Waals surface area contributed by atoms with Crippen LogP contribution in [0, 0.1) is 0 Å². The SMILES string of the molecule is O=S(=O)(O)O.O=c1nc(Cl)nc(Cl)[nH]1.[H-].[Na+]. The van der Waals surface area contributed by atoms with Gasteiger partial charge in [-0.1, -0.05) is 0 Å². The second-order valence-corrected chi connectivity index (χ2v) is 3.25. The Morgan fingerprint density at radius 3 is 1.93 bits per heavy atom. The molecule has 8 nitrogen and oxygen atoms in total. The molecule has 12 heteroatoms.